The largest absolute Gasteiger partial charge is 0.497 e. The average molecular weight is 534 g/mol. The van der Waals surface area contributed by atoms with Crippen LogP contribution in [0.25, 0.3) is 0 Å². The Morgan fingerprint density at radius 2 is 1.67 bits per heavy atom. The predicted molar refractivity (Wildman–Crippen MR) is 138 cm³/mol. The van der Waals surface area contributed by atoms with Gasteiger partial charge in [-0.1, -0.05) is 0 Å². The van der Waals surface area contributed by atoms with Crippen LogP contribution in [0.3, 0.4) is 0 Å². The van der Waals surface area contributed by atoms with Crippen molar-refractivity contribution in [2.75, 3.05) is 39.3 Å². The molecule has 0 saturated heterocycles. The highest BCUT2D eigenvalue weighted by atomic mass is 32.2. The Bertz CT molecular complexity index is 1350. The summed E-state index contributed by atoms with van der Waals surface area (Å²) in [4.78, 5) is 13.6. The molecule has 1 N–H and O–H groups in total. The van der Waals surface area contributed by atoms with Crippen molar-refractivity contribution in [3.8, 4) is 23.0 Å². The lowest BCUT2D eigenvalue weighted by Gasteiger charge is -2.26. The van der Waals surface area contributed by atoms with Crippen LogP contribution >= 0.6 is 11.3 Å². The van der Waals surface area contributed by atoms with Crippen LogP contribution in [0.5, 0.6) is 23.0 Å². The number of carbonyl (C=O) groups excluding carboxylic acids is 1. The lowest BCUT2D eigenvalue weighted by Crippen LogP contribution is -2.39. The minimum Gasteiger partial charge on any atom is -0.497 e. The van der Waals surface area contributed by atoms with Crippen LogP contribution in [-0.2, 0) is 14.8 Å². The van der Waals surface area contributed by atoms with E-state index in [0.717, 1.165) is 14.7 Å². The summed E-state index contributed by atoms with van der Waals surface area (Å²) in [7, 11) is 1.41. The van der Waals surface area contributed by atoms with E-state index >= 15 is 0 Å². The molecule has 0 spiro atoms. The van der Waals surface area contributed by atoms with Crippen LogP contribution in [0.4, 0.5) is 5.69 Å². The van der Waals surface area contributed by atoms with Gasteiger partial charge in [-0.2, -0.15) is 5.10 Å². The van der Waals surface area contributed by atoms with E-state index in [0.29, 0.717) is 11.5 Å². The maximum absolute atomic E-state index is 13.8. The zero-order chi connectivity index (χ0) is 26.3. The number of thiophene rings is 1. The zero-order valence-electron chi connectivity index (χ0n) is 20.5. The Kier molecular flexibility index (Phi) is 8.78. The van der Waals surface area contributed by atoms with Gasteiger partial charge < -0.3 is 18.9 Å². The summed E-state index contributed by atoms with van der Waals surface area (Å²) in [5.74, 6) is 0.527. The first-order valence-corrected chi connectivity index (χ1v) is 12.9. The third-order valence-corrected chi connectivity index (χ3v) is 7.87. The maximum Gasteiger partial charge on any atom is 0.265 e. The van der Waals surface area contributed by atoms with Crippen LogP contribution < -0.4 is 28.7 Å². The second kappa shape index (κ2) is 11.8. The van der Waals surface area contributed by atoms with Gasteiger partial charge in [-0.05, 0) is 48.2 Å². The van der Waals surface area contributed by atoms with Gasteiger partial charge in [-0.25, -0.2) is 13.8 Å². The summed E-state index contributed by atoms with van der Waals surface area (Å²) in [5.41, 5.74) is 3.52. The van der Waals surface area contributed by atoms with Crippen molar-refractivity contribution in [1.82, 2.24) is 5.43 Å². The van der Waals surface area contributed by atoms with E-state index in [4.69, 9.17) is 18.9 Å². The molecule has 12 heteroatoms. The van der Waals surface area contributed by atoms with E-state index in [1.165, 1.54) is 70.3 Å². The van der Waals surface area contributed by atoms with E-state index in [2.05, 4.69) is 10.5 Å². The monoisotopic (exact) mass is 533 g/mol. The molecule has 0 bridgehead atoms. The van der Waals surface area contributed by atoms with Crippen molar-refractivity contribution in [2.24, 2.45) is 5.10 Å². The predicted octanol–water partition coefficient (Wildman–Crippen LogP) is 3.44. The van der Waals surface area contributed by atoms with Crippen molar-refractivity contribution in [2.45, 2.75) is 11.8 Å². The molecule has 1 aromatic heterocycles. The number of sulfonamides is 1. The molecule has 0 radical (unpaired) electrons. The van der Waals surface area contributed by atoms with Crippen LogP contribution in [0.2, 0.25) is 0 Å². The molecule has 3 rings (SSSR count). The fourth-order valence-corrected chi connectivity index (χ4v) is 5.47. The number of hydrogen-bond donors (Lipinski definition) is 1. The van der Waals surface area contributed by atoms with E-state index in [9.17, 15) is 13.2 Å². The summed E-state index contributed by atoms with van der Waals surface area (Å²) in [5, 5.41) is 5.88. The topological polar surface area (TPSA) is 116 Å². The third-order valence-electron chi connectivity index (χ3n) is 5.16. The molecule has 36 heavy (non-hydrogen) atoms. The number of benzene rings is 2. The second-order valence-electron chi connectivity index (χ2n) is 7.33. The van der Waals surface area contributed by atoms with Gasteiger partial charge in [0.1, 0.15) is 18.0 Å². The minimum absolute atomic E-state index is 0.111. The van der Waals surface area contributed by atoms with Gasteiger partial charge in [0, 0.05) is 17.0 Å². The normalized spacial score (nSPS) is 11.2. The number of methoxy groups -OCH3 is 4. The summed E-state index contributed by atoms with van der Waals surface area (Å²) in [6.45, 7) is 1.34. The van der Waals surface area contributed by atoms with Crippen LogP contribution in [0.1, 0.15) is 10.4 Å². The molecule has 0 aliphatic carbocycles. The molecule has 0 atom stereocenters. The number of carbonyl (C=O) groups is 1. The highest BCUT2D eigenvalue weighted by Gasteiger charge is 2.31. The first-order valence-electron chi connectivity index (χ1n) is 10.6. The van der Waals surface area contributed by atoms with Crippen molar-refractivity contribution in [1.29, 1.82) is 0 Å². The van der Waals surface area contributed by atoms with Crippen molar-refractivity contribution >= 4 is 39.2 Å². The number of hydrogen-bond acceptors (Lipinski definition) is 9. The molecule has 0 aliphatic heterocycles. The molecule has 10 nitrogen and oxygen atoms in total. The summed E-state index contributed by atoms with van der Waals surface area (Å²) >= 11 is 1.47. The van der Waals surface area contributed by atoms with Crippen LogP contribution in [0.15, 0.2) is 57.8 Å². The lowest BCUT2D eigenvalue weighted by molar-refractivity contribution is -0.119. The molecule has 192 valence electrons. The first kappa shape index (κ1) is 26.8. The van der Waals surface area contributed by atoms with Gasteiger partial charge in [0.05, 0.1) is 45.2 Å². The number of rotatable bonds is 11. The number of aryl methyl sites for hydroxylation is 1. The molecule has 1 heterocycles. The Morgan fingerprint density at radius 1 is 0.972 bits per heavy atom. The molecule has 0 unspecified atom stereocenters. The van der Waals surface area contributed by atoms with Gasteiger partial charge in [-0.15, -0.1) is 11.3 Å². The number of amides is 1. The fraction of sp³-hybridized carbons (Fsp3) is 0.250. The number of nitrogens with zero attached hydrogens (tertiary/aromatic N) is 2. The van der Waals surface area contributed by atoms with Gasteiger partial charge in [0.25, 0.3) is 15.9 Å². The highest BCUT2D eigenvalue weighted by Crippen LogP contribution is 2.37. The minimum atomic E-state index is -4.29. The molecule has 0 saturated carbocycles. The smallest absolute Gasteiger partial charge is 0.265 e. The molecular formula is C24H27N3O7S2. The zero-order valence-corrected chi connectivity index (χ0v) is 22.1. The summed E-state index contributed by atoms with van der Waals surface area (Å²) in [6.07, 6.45) is 1.51. The quantitative estimate of drug-likeness (QED) is 0.297. The van der Waals surface area contributed by atoms with Crippen molar-refractivity contribution in [3.05, 3.63) is 58.3 Å². The molecular weight excluding hydrogens is 506 g/mol. The Labute approximate surface area is 214 Å². The van der Waals surface area contributed by atoms with Crippen molar-refractivity contribution < 1.29 is 32.2 Å². The van der Waals surface area contributed by atoms with Gasteiger partial charge >= 0.3 is 0 Å². The SMILES string of the molecule is COc1ccc(OC)c(N(CC(=O)N/N=C\c2sccc2C)S(=O)(=O)c2ccc(OC)c(OC)c2)c1. The van der Waals surface area contributed by atoms with E-state index in [-0.39, 0.29) is 22.1 Å². The summed E-state index contributed by atoms with van der Waals surface area (Å²) in [6, 6.07) is 10.7. The van der Waals surface area contributed by atoms with E-state index in [1.807, 2.05) is 18.4 Å². The molecule has 3 aromatic rings. The lowest BCUT2D eigenvalue weighted by atomic mass is 10.2. The molecule has 1 amide bonds. The average Bonchev–Trinajstić information content (AvgIpc) is 3.30. The number of hydrazone groups is 1. The maximum atomic E-state index is 13.8. The van der Waals surface area contributed by atoms with Crippen LogP contribution in [-0.4, -0.2) is 55.5 Å². The molecule has 0 aliphatic rings. The Hall–Kier alpha value is -3.77. The van der Waals surface area contributed by atoms with Gasteiger partial charge in [0.2, 0.25) is 0 Å². The van der Waals surface area contributed by atoms with Gasteiger partial charge in [-0.3, -0.25) is 9.10 Å². The first-order chi connectivity index (χ1) is 17.2. The van der Waals surface area contributed by atoms with Crippen LogP contribution in [0, 0.1) is 6.92 Å². The second-order valence-corrected chi connectivity index (χ2v) is 10.1. The highest BCUT2D eigenvalue weighted by molar-refractivity contribution is 7.92. The number of nitrogens with one attached hydrogen (secondary N) is 1. The number of ether oxygens (including phenoxy) is 4. The van der Waals surface area contributed by atoms with E-state index < -0.39 is 22.5 Å². The standard InChI is InChI=1S/C24H27N3O7S2/c1-16-10-11-35-23(16)14-25-26-24(28)15-27(19-12-17(31-2)6-8-20(19)32-3)36(29,30)18-7-9-21(33-4)22(13-18)34-5/h6-14H,15H2,1-5H3,(H,26,28)/b25-14-. The van der Waals surface area contributed by atoms with Crippen molar-refractivity contribution in [3.63, 3.8) is 0 Å². The van der Waals surface area contributed by atoms with E-state index in [1.54, 1.807) is 12.1 Å². The Morgan fingerprint density at radius 3 is 2.28 bits per heavy atom. The molecule has 2 aromatic carbocycles. The van der Waals surface area contributed by atoms with Gasteiger partial charge in [0.15, 0.2) is 11.5 Å². The number of anilines is 1. The third kappa shape index (κ3) is 5.89. The summed E-state index contributed by atoms with van der Waals surface area (Å²) < 4.78 is 49.7. The Balaban J connectivity index is 2.02. The fourth-order valence-electron chi connectivity index (χ4n) is 3.24. The molecule has 0 fully saturated rings.